The van der Waals surface area contributed by atoms with Crippen LogP contribution in [-0.4, -0.2) is 31.6 Å². The summed E-state index contributed by atoms with van der Waals surface area (Å²) in [5, 5.41) is 0. The zero-order chi connectivity index (χ0) is 10.8. The van der Waals surface area contributed by atoms with Crippen LogP contribution in [0.3, 0.4) is 0 Å². The van der Waals surface area contributed by atoms with E-state index >= 15 is 0 Å². The van der Waals surface area contributed by atoms with E-state index in [0.717, 1.165) is 0 Å². The van der Waals surface area contributed by atoms with Crippen LogP contribution in [0.1, 0.15) is 39.0 Å². The minimum atomic E-state index is -2.19. The van der Waals surface area contributed by atoms with Gasteiger partial charge in [0.1, 0.15) is 0 Å². The van der Waals surface area contributed by atoms with E-state index in [4.69, 9.17) is 4.52 Å². The Hall–Kier alpha value is -0.100. The molecule has 1 rings (SSSR count). The molecule has 1 aliphatic rings. The van der Waals surface area contributed by atoms with Gasteiger partial charge >= 0.3 is 86.8 Å². The zero-order valence-corrected chi connectivity index (χ0v) is 10.8. The van der Waals surface area contributed by atoms with E-state index < -0.39 is 6.83 Å². The van der Waals surface area contributed by atoms with E-state index in [2.05, 4.69) is 20.0 Å². The first-order valence-corrected chi connectivity index (χ1v) is 9.07. The molecule has 0 aromatic rings. The number of rotatable bonds is 2. The molecule has 0 aliphatic heterocycles. The number of carbonyl (C=O) groups is 1. The zero-order valence-electron chi connectivity index (χ0n) is 9.88. The Kier molecular flexibility index (Phi) is 3.26. The second-order valence-electron chi connectivity index (χ2n) is 5.64. The van der Waals surface area contributed by atoms with Crippen molar-refractivity contribution >= 4 is 12.8 Å². The molecule has 0 radical (unpaired) electrons. The Labute approximate surface area is 87.4 Å². The molecule has 1 saturated carbocycles. The number of hydrogen-bond donors (Lipinski definition) is 0. The van der Waals surface area contributed by atoms with Crippen molar-refractivity contribution in [2.24, 2.45) is 0 Å². The fraction of sp³-hybridized carbons (Fsp3) is 0.909. The second kappa shape index (κ2) is 3.81. The molecule has 3 heteroatoms. The van der Waals surface area contributed by atoms with E-state index in [1.807, 2.05) is 0 Å². The fourth-order valence-corrected chi connectivity index (χ4v) is 5.69. The van der Waals surface area contributed by atoms with Gasteiger partial charge in [0.25, 0.3) is 0 Å². The Bertz CT molecular complexity index is 221. The van der Waals surface area contributed by atoms with Gasteiger partial charge in [0.15, 0.2) is 0 Å². The van der Waals surface area contributed by atoms with Gasteiger partial charge in [0.2, 0.25) is 0 Å². The molecule has 0 N–H and O–H groups in total. The third-order valence-corrected chi connectivity index (χ3v) is 7.19. The Balaban J connectivity index is 2.73. The van der Waals surface area contributed by atoms with Gasteiger partial charge in [-0.15, -0.1) is 0 Å². The molecule has 0 bridgehead atoms. The van der Waals surface area contributed by atoms with Gasteiger partial charge in [-0.2, -0.15) is 0 Å². The minimum absolute atomic E-state index is 0.110. The predicted molar refractivity (Wildman–Crippen MR) is 63.3 cm³/mol. The van der Waals surface area contributed by atoms with Gasteiger partial charge in [-0.1, -0.05) is 0 Å². The molecular formula is C11H23O2P. The van der Waals surface area contributed by atoms with E-state index in [0.29, 0.717) is 5.66 Å². The quantitative estimate of drug-likeness (QED) is 0.665. The molecule has 1 fully saturated rings. The second-order valence-corrected chi connectivity index (χ2v) is 12.1. The first-order chi connectivity index (χ1) is 6.30. The molecule has 0 aromatic heterocycles. The summed E-state index contributed by atoms with van der Waals surface area (Å²) < 4.78 is 5.66. The maximum absolute atomic E-state index is 11.1. The Morgan fingerprint density at radius 1 is 1.14 bits per heavy atom. The van der Waals surface area contributed by atoms with Crippen molar-refractivity contribution in [1.82, 2.24) is 0 Å². The van der Waals surface area contributed by atoms with Gasteiger partial charge in [-0.25, -0.2) is 0 Å². The van der Waals surface area contributed by atoms with Crippen molar-refractivity contribution in [3.05, 3.63) is 0 Å². The summed E-state index contributed by atoms with van der Waals surface area (Å²) in [5.41, 5.74) is 0.638. The summed E-state index contributed by atoms with van der Waals surface area (Å²) in [4.78, 5) is 11.1. The Morgan fingerprint density at radius 2 is 1.64 bits per heavy atom. The average molecular weight is 218 g/mol. The molecule has 2 nitrogen and oxygen atoms in total. The molecule has 0 aromatic carbocycles. The van der Waals surface area contributed by atoms with Crippen molar-refractivity contribution in [2.45, 2.75) is 44.7 Å². The first kappa shape index (κ1) is 12.0. The van der Waals surface area contributed by atoms with Gasteiger partial charge in [0.05, 0.1) is 0 Å². The normalized spacial score (nSPS) is 22.4. The third-order valence-electron chi connectivity index (χ3n) is 3.27. The van der Waals surface area contributed by atoms with E-state index in [9.17, 15) is 4.79 Å². The summed E-state index contributed by atoms with van der Waals surface area (Å²) in [5.74, 6) is -0.110. The van der Waals surface area contributed by atoms with E-state index in [1.54, 1.807) is 0 Å². The molecule has 0 saturated heterocycles. The van der Waals surface area contributed by atoms with Gasteiger partial charge in [-0.3, -0.25) is 0 Å². The van der Waals surface area contributed by atoms with E-state index in [1.165, 1.54) is 39.0 Å². The summed E-state index contributed by atoms with van der Waals surface area (Å²) in [6.45, 7) is 5.89. The summed E-state index contributed by atoms with van der Waals surface area (Å²) >= 11 is 0. The van der Waals surface area contributed by atoms with Crippen LogP contribution in [0.15, 0.2) is 0 Å². The topological polar surface area (TPSA) is 26.3 Å². The van der Waals surface area contributed by atoms with Gasteiger partial charge in [0, 0.05) is 0 Å². The molecule has 0 atom stereocenters. The van der Waals surface area contributed by atoms with E-state index in [-0.39, 0.29) is 5.97 Å². The summed E-state index contributed by atoms with van der Waals surface area (Å²) in [6, 6.07) is 0. The van der Waals surface area contributed by atoms with Crippen LogP contribution < -0.4 is 0 Å². The molecule has 0 heterocycles. The molecule has 0 amide bonds. The SMILES string of the molecule is CC(=O)OP(C)(C)(C)C1CCCCC1. The van der Waals surface area contributed by atoms with Crippen molar-refractivity contribution in [3.63, 3.8) is 0 Å². The van der Waals surface area contributed by atoms with Crippen LogP contribution in [0, 0.1) is 0 Å². The van der Waals surface area contributed by atoms with Crippen LogP contribution in [0.25, 0.3) is 0 Å². The van der Waals surface area contributed by atoms with Crippen LogP contribution >= 0.6 is 6.83 Å². The molecule has 1 aliphatic carbocycles. The predicted octanol–water partition coefficient (Wildman–Crippen LogP) is 3.24. The van der Waals surface area contributed by atoms with Gasteiger partial charge in [-0.05, 0) is 0 Å². The summed E-state index contributed by atoms with van der Waals surface area (Å²) in [6.07, 6.45) is 6.45. The fourth-order valence-electron chi connectivity index (χ4n) is 2.50. The van der Waals surface area contributed by atoms with Gasteiger partial charge < -0.3 is 0 Å². The van der Waals surface area contributed by atoms with Crippen molar-refractivity contribution in [3.8, 4) is 0 Å². The van der Waals surface area contributed by atoms with Crippen molar-refractivity contribution in [1.29, 1.82) is 0 Å². The number of hydrogen-bond acceptors (Lipinski definition) is 2. The monoisotopic (exact) mass is 218 g/mol. The molecule has 14 heavy (non-hydrogen) atoms. The molecule has 0 spiro atoms. The standard InChI is InChI=1S/C11H23O2P/c1-10(12)13-14(2,3,4)11-8-6-5-7-9-11/h11H,5-9H2,1-4H3. The molecule has 0 unspecified atom stereocenters. The van der Waals surface area contributed by atoms with Crippen molar-refractivity contribution < 1.29 is 9.32 Å². The number of carbonyl (C=O) groups excluding carboxylic acids is 1. The maximum atomic E-state index is 11.1. The molecule has 84 valence electrons. The summed E-state index contributed by atoms with van der Waals surface area (Å²) in [7, 11) is 0. The Morgan fingerprint density at radius 3 is 2.07 bits per heavy atom. The average Bonchev–Trinajstić information content (AvgIpc) is 2.02. The third kappa shape index (κ3) is 2.95. The van der Waals surface area contributed by atoms with Crippen molar-refractivity contribution in [2.75, 3.05) is 20.0 Å². The van der Waals surface area contributed by atoms with Crippen LogP contribution in [0.5, 0.6) is 0 Å². The first-order valence-electron chi connectivity index (χ1n) is 5.51. The van der Waals surface area contributed by atoms with Crippen LogP contribution in [0.2, 0.25) is 0 Å². The molecular weight excluding hydrogens is 195 g/mol. The van der Waals surface area contributed by atoms with Crippen LogP contribution in [-0.2, 0) is 9.32 Å². The van der Waals surface area contributed by atoms with Crippen LogP contribution in [0.4, 0.5) is 0 Å².